The van der Waals surface area contributed by atoms with E-state index in [1.54, 1.807) is 4.90 Å². The summed E-state index contributed by atoms with van der Waals surface area (Å²) < 4.78 is 5.13. The summed E-state index contributed by atoms with van der Waals surface area (Å²) in [6.07, 6.45) is 0.415. The third kappa shape index (κ3) is 4.56. The molecule has 1 saturated heterocycles. The predicted molar refractivity (Wildman–Crippen MR) is 82.6 cm³/mol. The molecule has 1 amide bonds. The highest BCUT2D eigenvalue weighted by atomic mass is 16.5. The van der Waals surface area contributed by atoms with Crippen molar-refractivity contribution in [2.75, 3.05) is 19.7 Å². The number of carbonyl (C=O) groups is 2. The number of benzene rings is 1. The zero-order chi connectivity index (χ0) is 16.1. The summed E-state index contributed by atoms with van der Waals surface area (Å²) >= 11 is 0. The molecule has 1 aliphatic heterocycles. The topological polar surface area (TPSA) is 66.8 Å². The summed E-state index contributed by atoms with van der Waals surface area (Å²) in [6.45, 7) is 5.20. The van der Waals surface area contributed by atoms with Gasteiger partial charge in [0, 0.05) is 6.54 Å². The molecule has 1 fully saturated rings. The van der Waals surface area contributed by atoms with Crippen molar-refractivity contribution in [1.29, 1.82) is 0 Å². The second-order valence-electron chi connectivity index (χ2n) is 6.13. The van der Waals surface area contributed by atoms with Crippen molar-refractivity contribution in [3.05, 3.63) is 35.4 Å². The van der Waals surface area contributed by atoms with E-state index in [0.717, 1.165) is 12.0 Å². The van der Waals surface area contributed by atoms with Crippen LogP contribution in [0, 0.1) is 5.92 Å². The molecule has 5 nitrogen and oxygen atoms in total. The maximum Gasteiger partial charge on any atom is 0.334 e. The predicted octanol–water partition coefficient (Wildman–Crippen LogP) is 1.74. The van der Waals surface area contributed by atoms with Gasteiger partial charge in [-0.25, -0.2) is 4.79 Å². The number of nitrogens with zero attached hydrogens (tertiary/aromatic N) is 1. The third-order valence-electron chi connectivity index (χ3n) is 3.72. The number of morpholine rings is 1. The molecule has 1 aliphatic rings. The van der Waals surface area contributed by atoms with Crippen LogP contribution in [0.3, 0.4) is 0 Å². The largest absolute Gasteiger partial charge is 0.479 e. The van der Waals surface area contributed by atoms with Gasteiger partial charge in [0.25, 0.3) is 0 Å². The summed E-state index contributed by atoms with van der Waals surface area (Å²) in [7, 11) is 0. The molecule has 1 unspecified atom stereocenters. The zero-order valence-corrected chi connectivity index (χ0v) is 13.1. The Balaban J connectivity index is 1.92. The Morgan fingerprint density at radius 2 is 1.91 bits per heavy atom. The lowest BCUT2D eigenvalue weighted by Gasteiger charge is -2.31. The van der Waals surface area contributed by atoms with Crippen LogP contribution in [0.5, 0.6) is 0 Å². The molecule has 1 aromatic carbocycles. The fourth-order valence-corrected chi connectivity index (χ4v) is 2.58. The molecule has 1 aromatic rings. The second-order valence-corrected chi connectivity index (χ2v) is 6.13. The first-order valence-electron chi connectivity index (χ1n) is 7.65. The molecule has 0 spiro atoms. The molecule has 0 radical (unpaired) electrons. The minimum absolute atomic E-state index is 0.0499. The maximum absolute atomic E-state index is 12.3. The summed E-state index contributed by atoms with van der Waals surface area (Å²) in [4.78, 5) is 24.8. The van der Waals surface area contributed by atoms with Crippen LogP contribution in [-0.4, -0.2) is 47.7 Å². The molecule has 1 heterocycles. The van der Waals surface area contributed by atoms with Crippen LogP contribution in [0.25, 0.3) is 0 Å². The molecule has 0 aliphatic carbocycles. The molecule has 5 heteroatoms. The molecule has 0 bridgehead atoms. The summed E-state index contributed by atoms with van der Waals surface area (Å²) in [5, 5.41) is 8.97. The van der Waals surface area contributed by atoms with Crippen LogP contribution in [0.4, 0.5) is 0 Å². The van der Waals surface area contributed by atoms with Crippen molar-refractivity contribution in [3.63, 3.8) is 0 Å². The number of hydrogen-bond acceptors (Lipinski definition) is 3. The Hall–Kier alpha value is -1.88. The van der Waals surface area contributed by atoms with E-state index in [9.17, 15) is 9.59 Å². The van der Waals surface area contributed by atoms with Gasteiger partial charge in [0.1, 0.15) is 0 Å². The van der Waals surface area contributed by atoms with Crippen LogP contribution >= 0.6 is 0 Å². The smallest absolute Gasteiger partial charge is 0.334 e. The van der Waals surface area contributed by atoms with Gasteiger partial charge >= 0.3 is 5.97 Å². The summed E-state index contributed by atoms with van der Waals surface area (Å²) in [5.41, 5.74) is 2.22. The highest BCUT2D eigenvalue weighted by Crippen LogP contribution is 2.12. The standard InChI is InChI=1S/C17H23NO4/c1-12(2)9-13-3-5-14(6-4-13)10-16(19)18-7-8-22-15(11-18)17(20)21/h3-6,12,15H,7-11H2,1-2H3,(H,20,21). The molecule has 120 valence electrons. The molecule has 2 rings (SSSR count). The van der Waals surface area contributed by atoms with E-state index in [2.05, 4.69) is 26.0 Å². The van der Waals surface area contributed by atoms with Crippen LogP contribution in [0.15, 0.2) is 24.3 Å². The SMILES string of the molecule is CC(C)Cc1ccc(CC(=O)N2CCOC(C(=O)O)C2)cc1. The minimum Gasteiger partial charge on any atom is -0.479 e. The number of amides is 1. The molecule has 0 aromatic heterocycles. The van der Waals surface area contributed by atoms with Gasteiger partial charge in [-0.1, -0.05) is 38.1 Å². The van der Waals surface area contributed by atoms with Gasteiger partial charge in [0.05, 0.1) is 19.6 Å². The van der Waals surface area contributed by atoms with Crippen molar-refractivity contribution in [3.8, 4) is 0 Å². The normalized spacial score (nSPS) is 18.5. The van der Waals surface area contributed by atoms with Crippen molar-refractivity contribution in [1.82, 2.24) is 4.90 Å². The number of carboxylic acids is 1. The highest BCUT2D eigenvalue weighted by molar-refractivity contribution is 5.80. The van der Waals surface area contributed by atoms with E-state index in [1.807, 2.05) is 12.1 Å². The van der Waals surface area contributed by atoms with Crippen LogP contribution in [0.2, 0.25) is 0 Å². The fourth-order valence-electron chi connectivity index (χ4n) is 2.58. The van der Waals surface area contributed by atoms with Crippen molar-refractivity contribution < 1.29 is 19.4 Å². The first kappa shape index (κ1) is 16.5. The molecular formula is C17H23NO4. The molecular weight excluding hydrogens is 282 g/mol. The quantitative estimate of drug-likeness (QED) is 0.900. The number of aliphatic carboxylic acids is 1. The monoisotopic (exact) mass is 305 g/mol. The summed E-state index contributed by atoms with van der Waals surface area (Å²) in [6, 6.07) is 8.07. The van der Waals surface area contributed by atoms with E-state index in [1.165, 1.54) is 5.56 Å². The number of carbonyl (C=O) groups excluding carboxylic acids is 1. The Bertz CT molecular complexity index is 524. The van der Waals surface area contributed by atoms with Gasteiger partial charge in [0.15, 0.2) is 6.10 Å². The molecule has 0 saturated carbocycles. The van der Waals surface area contributed by atoms with Gasteiger partial charge in [-0.05, 0) is 23.5 Å². The third-order valence-corrected chi connectivity index (χ3v) is 3.72. The van der Waals surface area contributed by atoms with Crippen molar-refractivity contribution in [2.45, 2.75) is 32.8 Å². The Kier molecular flexibility index (Phi) is 5.55. The lowest BCUT2D eigenvalue weighted by atomic mass is 10.0. The molecule has 22 heavy (non-hydrogen) atoms. The fraction of sp³-hybridized carbons (Fsp3) is 0.529. The van der Waals surface area contributed by atoms with E-state index < -0.39 is 12.1 Å². The van der Waals surface area contributed by atoms with Crippen molar-refractivity contribution in [2.24, 2.45) is 5.92 Å². The van der Waals surface area contributed by atoms with E-state index >= 15 is 0 Å². The first-order valence-corrected chi connectivity index (χ1v) is 7.65. The number of hydrogen-bond donors (Lipinski definition) is 1. The Morgan fingerprint density at radius 1 is 1.27 bits per heavy atom. The lowest BCUT2D eigenvalue weighted by molar-refractivity contribution is -0.159. The average Bonchev–Trinajstić information content (AvgIpc) is 2.49. The molecule has 1 atom stereocenters. The van der Waals surface area contributed by atoms with Crippen LogP contribution in [-0.2, 0) is 27.2 Å². The van der Waals surface area contributed by atoms with Gasteiger partial charge in [0.2, 0.25) is 5.91 Å². The molecule has 1 N–H and O–H groups in total. The summed E-state index contributed by atoms with van der Waals surface area (Å²) in [5.74, 6) is -0.463. The number of carboxylic acid groups (broad SMARTS) is 1. The Morgan fingerprint density at radius 3 is 2.50 bits per heavy atom. The average molecular weight is 305 g/mol. The first-order chi connectivity index (χ1) is 10.5. The van der Waals surface area contributed by atoms with Crippen LogP contribution < -0.4 is 0 Å². The Labute approximate surface area is 130 Å². The number of ether oxygens (including phenoxy) is 1. The van der Waals surface area contributed by atoms with E-state index in [-0.39, 0.29) is 19.1 Å². The van der Waals surface area contributed by atoms with Gasteiger partial charge in [-0.3, -0.25) is 4.79 Å². The maximum atomic E-state index is 12.3. The zero-order valence-electron chi connectivity index (χ0n) is 13.1. The van der Waals surface area contributed by atoms with E-state index in [0.29, 0.717) is 18.9 Å². The van der Waals surface area contributed by atoms with Gasteiger partial charge in [-0.15, -0.1) is 0 Å². The van der Waals surface area contributed by atoms with Crippen molar-refractivity contribution >= 4 is 11.9 Å². The highest BCUT2D eigenvalue weighted by Gasteiger charge is 2.28. The van der Waals surface area contributed by atoms with E-state index in [4.69, 9.17) is 9.84 Å². The van der Waals surface area contributed by atoms with Gasteiger partial charge in [-0.2, -0.15) is 0 Å². The number of rotatable bonds is 5. The minimum atomic E-state index is -1.02. The second kappa shape index (κ2) is 7.40. The van der Waals surface area contributed by atoms with Gasteiger partial charge < -0.3 is 14.7 Å². The lowest BCUT2D eigenvalue weighted by Crippen LogP contribution is -2.49. The van der Waals surface area contributed by atoms with Crippen LogP contribution in [0.1, 0.15) is 25.0 Å².